The number of carbonyl (C=O) groups is 1. The summed E-state index contributed by atoms with van der Waals surface area (Å²) in [4.78, 5) is 15.3. The SMILES string of the molecule is O=C(Nc1ccc(-c2nnn[nH]2)cc1)N1C2CCC1CC(OCc1c(-c3c(Cl)cccc3Cl)noc1C1CC1)C2. The smallest absolute Gasteiger partial charge is 0.322 e. The Morgan fingerprint density at radius 2 is 1.77 bits per heavy atom. The minimum atomic E-state index is -0.0780. The molecular formula is C28H27Cl2N7O3. The molecule has 4 heterocycles. The van der Waals surface area contributed by atoms with Crippen LogP contribution in [0.15, 0.2) is 47.0 Å². The number of benzene rings is 2. The summed E-state index contributed by atoms with van der Waals surface area (Å²) in [5.41, 5.74) is 3.83. The van der Waals surface area contributed by atoms with Gasteiger partial charge in [0.1, 0.15) is 11.5 Å². The maximum absolute atomic E-state index is 13.3. The van der Waals surface area contributed by atoms with Gasteiger partial charge in [0.05, 0.1) is 22.8 Å². The van der Waals surface area contributed by atoms with Gasteiger partial charge < -0.3 is 19.5 Å². The van der Waals surface area contributed by atoms with Crippen molar-refractivity contribution in [3.63, 3.8) is 0 Å². The Hall–Kier alpha value is -3.47. The summed E-state index contributed by atoms with van der Waals surface area (Å²) < 4.78 is 12.3. The first-order valence-corrected chi connectivity index (χ1v) is 14.3. The number of amides is 2. The van der Waals surface area contributed by atoms with E-state index in [0.29, 0.717) is 39.7 Å². The Balaban J connectivity index is 1.02. The first kappa shape index (κ1) is 25.5. The highest BCUT2D eigenvalue weighted by molar-refractivity contribution is 6.39. The van der Waals surface area contributed by atoms with Crippen LogP contribution in [0, 0.1) is 0 Å². The van der Waals surface area contributed by atoms with Gasteiger partial charge in [-0.25, -0.2) is 9.89 Å². The average molecular weight is 580 g/mol. The van der Waals surface area contributed by atoms with Crippen LogP contribution >= 0.6 is 23.2 Å². The number of carbonyl (C=O) groups excluding carboxylic acids is 1. The number of fused-ring (bicyclic) bond motifs is 2. The Morgan fingerprint density at radius 1 is 1.05 bits per heavy atom. The molecule has 2 saturated heterocycles. The van der Waals surface area contributed by atoms with Crippen molar-refractivity contribution in [1.82, 2.24) is 30.7 Å². The van der Waals surface area contributed by atoms with E-state index in [-0.39, 0.29) is 24.2 Å². The summed E-state index contributed by atoms with van der Waals surface area (Å²) in [6.07, 6.45) is 5.70. The number of halogens is 2. The van der Waals surface area contributed by atoms with Crippen molar-refractivity contribution in [2.45, 2.75) is 69.2 Å². The monoisotopic (exact) mass is 579 g/mol. The Labute approximate surface area is 240 Å². The number of hydrogen-bond acceptors (Lipinski definition) is 7. The molecule has 0 radical (unpaired) electrons. The van der Waals surface area contributed by atoms with Crippen LogP contribution in [0.1, 0.15) is 55.8 Å². The van der Waals surface area contributed by atoms with E-state index in [0.717, 1.165) is 61.1 Å². The fourth-order valence-corrected chi connectivity index (χ4v) is 6.60. The molecule has 3 aliphatic rings. The van der Waals surface area contributed by atoms with E-state index >= 15 is 0 Å². The molecule has 2 amide bonds. The lowest BCUT2D eigenvalue weighted by molar-refractivity contribution is -0.0158. The highest BCUT2D eigenvalue weighted by Crippen LogP contribution is 2.46. The van der Waals surface area contributed by atoms with Gasteiger partial charge in [-0.15, -0.1) is 5.10 Å². The van der Waals surface area contributed by atoms with Crippen LogP contribution in [0.4, 0.5) is 10.5 Å². The Kier molecular flexibility index (Phi) is 6.69. The van der Waals surface area contributed by atoms with Crippen LogP contribution in [-0.4, -0.2) is 54.9 Å². The number of nitrogens with zero attached hydrogens (tertiary/aromatic N) is 5. The molecule has 40 heavy (non-hydrogen) atoms. The van der Waals surface area contributed by atoms with Gasteiger partial charge >= 0.3 is 6.03 Å². The molecule has 1 saturated carbocycles. The van der Waals surface area contributed by atoms with Crippen molar-refractivity contribution in [2.24, 2.45) is 0 Å². The van der Waals surface area contributed by atoms with Crippen LogP contribution in [0.2, 0.25) is 10.0 Å². The first-order chi connectivity index (χ1) is 19.5. The van der Waals surface area contributed by atoms with E-state index in [4.69, 9.17) is 32.5 Å². The quantitative estimate of drug-likeness (QED) is 0.258. The zero-order valence-corrected chi connectivity index (χ0v) is 23.0. The molecule has 0 spiro atoms. The van der Waals surface area contributed by atoms with Gasteiger partial charge in [0, 0.05) is 40.4 Å². The van der Waals surface area contributed by atoms with Gasteiger partial charge in [-0.1, -0.05) is 34.4 Å². The van der Waals surface area contributed by atoms with Crippen LogP contribution < -0.4 is 5.32 Å². The molecule has 2 N–H and O–H groups in total. The number of ether oxygens (including phenoxy) is 1. The largest absolute Gasteiger partial charge is 0.373 e. The van der Waals surface area contributed by atoms with Crippen molar-refractivity contribution in [2.75, 3.05) is 5.32 Å². The van der Waals surface area contributed by atoms with E-state index in [1.165, 1.54) is 0 Å². The number of aromatic amines is 1. The molecule has 2 unspecified atom stereocenters. The molecular weight excluding hydrogens is 553 g/mol. The lowest BCUT2D eigenvalue weighted by atomic mass is 9.99. The number of piperidine rings is 1. The lowest BCUT2D eigenvalue weighted by Crippen LogP contribution is -2.50. The number of urea groups is 1. The minimum Gasteiger partial charge on any atom is -0.373 e. The molecule has 2 bridgehead atoms. The molecule has 206 valence electrons. The average Bonchev–Trinajstić information content (AvgIpc) is 3.35. The van der Waals surface area contributed by atoms with Crippen molar-refractivity contribution < 1.29 is 14.1 Å². The van der Waals surface area contributed by atoms with Gasteiger partial charge in [0.15, 0.2) is 5.82 Å². The molecule has 12 heteroatoms. The molecule has 7 rings (SSSR count). The van der Waals surface area contributed by atoms with Gasteiger partial charge in [0.25, 0.3) is 0 Å². The zero-order chi connectivity index (χ0) is 27.2. The second-order valence-electron chi connectivity index (χ2n) is 10.7. The third kappa shape index (κ3) is 4.84. The predicted molar refractivity (Wildman–Crippen MR) is 149 cm³/mol. The fraction of sp³-hybridized carbons (Fsp3) is 0.393. The zero-order valence-electron chi connectivity index (χ0n) is 21.5. The molecule has 2 aliphatic heterocycles. The second-order valence-corrected chi connectivity index (χ2v) is 11.5. The van der Waals surface area contributed by atoms with Crippen molar-refractivity contribution in [3.05, 3.63) is 63.8 Å². The van der Waals surface area contributed by atoms with Gasteiger partial charge in [-0.05, 0) is 85.3 Å². The van der Waals surface area contributed by atoms with E-state index in [2.05, 4.69) is 31.1 Å². The topological polar surface area (TPSA) is 122 Å². The number of hydrogen-bond donors (Lipinski definition) is 2. The molecule has 2 aromatic heterocycles. The molecule has 1 aliphatic carbocycles. The summed E-state index contributed by atoms with van der Waals surface area (Å²) in [5.74, 6) is 1.82. The van der Waals surface area contributed by atoms with Crippen LogP contribution in [0.3, 0.4) is 0 Å². The number of H-pyrrole nitrogens is 1. The maximum atomic E-state index is 13.3. The third-order valence-electron chi connectivity index (χ3n) is 8.11. The number of aromatic nitrogens is 5. The molecule has 4 aromatic rings. The molecule has 3 fully saturated rings. The van der Waals surface area contributed by atoms with E-state index < -0.39 is 0 Å². The van der Waals surface area contributed by atoms with Crippen LogP contribution in [0.25, 0.3) is 22.6 Å². The molecule has 10 nitrogen and oxygen atoms in total. The fourth-order valence-electron chi connectivity index (χ4n) is 6.03. The van der Waals surface area contributed by atoms with Gasteiger partial charge in [0.2, 0.25) is 0 Å². The van der Waals surface area contributed by atoms with Crippen molar-refractivity contribution >= 4 is 34.9 Å². The highest BCUT2D eigenvalue weighted by Gasteiger charge is 2.44. The van der Waals surface area contributed by atoms with E-state index in [9.17, 15) is 4.79 Å². The van der Waals surface area contributed by atoms with Gasteiger partial charge in [-0.2, -0.15) is 0 Å². The van der Waals surface area contributed by atoms with Gasteiger partial charge in [-0.3, -0.25) is 0 Å². The summed E-state index contributed by atoms with van der Waals surface area (Å²) in [5, 5.41) is 22.4. The summed E-state index contributed by atoms with van der Waals surface area (Å²) in [6.45, 7) is 0.371. The van der Waals surface area contributed by atoms with Crippen molar-refractivity contribution in [1.29, 1.82) is 0 Å². The van der Waals surface area contributed by atoms with E-state index in [1.807, 2.05) is 35.2 Å². The molecule has 2 atom stereocenters. The number of tetrazole rings is 1. The summed E-state index contributed by atoms with van der Waals surface area (Å²) in [7, 11) is 0. The standard InChI is InChI=1S/C28H27Cl2N7O3/c29-22-2-1-3-23(30)24(22)25-21(26(40-34-25)15-4-5-15)14-39-20-12-18-10-11-19(13-20)37(18)28(38)31-17-8-6-16(7-9-17)27-32-35-36-33-27/h1-3,6-9,15,18-20H,4-5,10-14H2,(H,31,38)(H,32,33,35,36). The minimum absolute atomic E-state index is 0.0351. The number of nitrogens with one attached hydrogen (secondary N) is 2. The number of rotatable bonds is 7. The summed E-state index contributed by atoms with van der Waals surface area (Å²) in [6, 6.07) is 13.1. The Bertz CT molecular complexity index is 1490. The first-order valence-electron chi connectivity index (χ1n) is 13.5. The number of anilines is 1. The normalized spacial score (nSPS) is 22.1. The van der Waals surface area contributed by atoms with Crippen molar-refractivity contribution in [3.8, 4) is 22.6 Å². The van der Waals surface area contributed by atoms with Crippen LogP contribution in [0.5, 0.6) is 0 Å². The second kappa shape index (κ2) is 10.5. The lowest BCUT2D eigenvalue weighted by Gasteiger charge is -2.38. The maximum Gasteiger partial charge on any atom is 0.322 e. The third-order valence-corrected chi connectivity index (χ3v) is 8.74. The van der Waals surface area contributed by atoms with Crippen LogP contribution in [-0.2, 0) is 11.3 Å². The highest BCUT2D eigenvalue weighted by atomic mass is 35.5. The summed E-state index contributed by atoms with van der Waals surface area (Å²) >= 11 is 13.0. The Morgan fingerprint density at radius 3 is 2.42 bits per heavy atom. The molecule has 2 aromatic carbocycles. The van der Waals surface area contributed by atoms with E-state index in [1.54, 1.807) is 12.1 Å². The predicted octanol–water partition coefficient (Wildman–Crippen LogP) is 6.45.